The Kier molecular flexibility index (Phi) is 3.91. The number of anilines is 2. The summed E-state index contributed by atoms with van der Waals surface area (Å²) in [4.78, 5) is 21.0. The number of carbonyl (C=O) groups excluding carboxylic acids is 1. The topological polar surface area (TPSA) is 71.3 Å². The summed E-state index contributed by atoms with van der Waals surface area (Å²) in [5.41, 5.74) is 3.48. The lowest BCUT2D eigenvalue weighted by Crippen LogP contribution is -2.18. The molecule has 0 aliphatic carbocycles. The van der Waals surface area contributed by atoms with Gasteiger partial charge in [-0.1, -0.05) is 12.1 Å². The number of nitrogens with zero attached hydrogens (tertiary/aromatic N) is 3. The lowest BCUT2D eigenvalue weighted by Gasteiger charge is -2.07. The van der Waals surface area contributed by atoms with E-state index in [1.165, 1.54) is 11.3 Å². The lowest BCUT2D eigenvalue weighted by atomic mass is 10.1. The predicted molar refractivity (Wildman–Crippen MR) is 100 cm³/mol. The third kappa shape index (κ3) is 3.09. The zero-order valence-corrected chi connectivity index (χ0v) is 14.2. The van der Waals surface area contributed by atoms with Crippen LogP contribution in [0.5, 0.6) is 0 Å². The third-order valence-corrected chi connectivity index (χ3v) is 4.58. The first-order valence-electron chi connectivity index (χ1n) is 7.72. The van der Waals surface area contributed by atoms with E-state index in [1.807, 2.05) is 65.4 Å². The van der Waals surface area contributed by atoms with Crippen LogP contribution in [0.4, 0.5) is 15.5 Å². The van der Waals surface area contributed by atoms with E-state index in [0.29, 0.717) is 11.5 Å². The van der Waals surface area contributed by atoms with Crippen molar-refractivity contribution in [1.82, 2.24) is 14.4 Å². The Hall–Kier alpha value is -3.19. The molecule has 0 spiro atoms. The van der Waals surface area contributed by atoms with Crippen LogP contribution in [0, 0.1) is 6.92 Å². The molecule has 2 N–H and O–H groups in total. The molecular weight excluding hydrogens is 334 g/mol. The molecule has 6 nitrogen and oxygen atoms in total. The van der Waals surface area contributed by atoms with Crippen LogP contribution in [-0.4, -0.2) is 20.4 Å². The fourth-order valence-corrected chi connectivity index (χ4v) is 3.26. The van der Waals surface area contributed by atoms with Crippen molar-refractivity contribution in [2.75, 3.05) is 10.6 Å². The Morgan fingerprint density at radius 2 is 2.08 bits per heavy atom. The molecule has 7 heteroatoms. The third-order valence-electron chi connectivity index (χ3n) is 3.79. The van der Waals surface area contributed by atoms with E-state index in [9.17, 15) is 4.79 Å². The molecule has 1 aromatic carbocycles. The summed E-state index contributed by atoms with van der Waals surface area (Å²) in [6.45, 7) is 2.00. The van der Waals surface area contributed by atoms with E-state index in [1.54, 1.807) is 6.20 Å². The van der Waals surface area contributed by atoms with E-state index >= 15 is 0 Å². The highest BCUT2D eigenvalue weighted by Crippen LogP contribution is 2.25. The van der Waals surface area contributed by atoms with Gasteiger partial charge in [0.1, 0.15) is 0 Å². The Bertz CT molecular complexity index is 1040. The summed E-state index contributed by atoms with van der Waals surface area (Å²) in [6, 6.07) is 13.0. The van der Waals surface area contributed by atoms with Crippen molar-refractivity contribution in [1.29, 1.82) is 0 Å². The molecule has 0 aliphatic heterocycles. The fourth-order valence-electron chi connectivity index (χ4n) is 2.64. The Morgan fingerprint density at radius 1 is 1.16 bits per heavy atom. The maximum absolute atomic E-state index is 12.1. The van der Waals surface area contributed by atoms with Gasteiger partial charge in [-0.2, -0.15) is 0 Å². The van der Waals surface area contributed by atoms with Crippen LogP contribution in [0.15, 0.2) is 60.2 Å². The highest BCUT2D eigenvalue weighted by Gasteiger charge is 2.12. The number of carbonyl (C=O) groups is 1. The number of nitrogens with one attached hydrogen (secondary N) is 2. The van der Waals surface area contributed by atoms with Crippen molar-refractivity contribution >= 4 is 33.8 Å². The number of imidazole rings is 1. The van der Waals surface area contributed by atoms with Gasteiger partial charge in [0.15, 0.2) is 0 Å². The van der Waals surface area contributed by atoms with Gasteiger partial charge >= 0.3 is 6.03 Å². The zero-order chi connectivity index (χ0) is 17.2. The first kappa shape index (κ1) is 15.3. The van der Waals surface area contributed by atoms with E-state index in [2.05, 4.69) is 20.6 Å². The number of urea groups is 1. The summed E-state index contributed by atoms with van der Waals surface area (Å²) in [5, 5.41) is 8.37. The standard InChI is InChI=1S/C18H15N5OS/c1-12-16(22-17-19-8-4-9-23(12)17)13-5-2-6-14(11-13)20-18(24)21-15-7-3-10-25-15/h2-11H,1H3,(H2,20,21,24). The highest BCUT2D eigenvalue weighted by molar-refractivity contribution is 7.14. The van der Waals surface area contributed by atoms with Crippen LogP contribution in [0.25, 0.3) is 17.0 Å². The molecule has 4 rings (SSSR count). The van der Waals surface area contributed by atoms with E-state index in [0.717, 1.165) is 22.0 Å². The van der Waals surface area contributed by atoms with Crippen molar-refractivity contribution in [2.45, 2.75) is 6.92 Å². The molecule has 0 unspecified atom stereocenters. The molecule has 0 bridgehead atoms. The maximum atomic E-state index is 12.1. The number of hydrogen-bond donors (Lipinski definition) is 2. The molecule has 3 aromatic heterocycles. The molecule has 0 fully saturated rings. The van der Waals surface area contributed by atoms with Gasteiger partial charge in [0.25, 0.3) is 0 Å². The van der Waals surface area contributed by atoms with Crippen molar-refractivity contribution < 1.29 is 4.79 Å². The van der Waals surface area contributed by atoms with Crippen molar-refractivity contribution in [3.05, 3.63) is 65.9 Å². The number of aromatic nitrogens is 3. The fraction of sp³-hybridized carbons (Fsp3) is 0.0556. The molecule has 0 saturated carbocycles. The van der Waals surface area contributed by atoms with Gasteiger partial charge in [0.05, 0.1) is 10.7 Å². The molecule has 2 amide bonds. The van der Waals surface area contributed by atoms with Crippen LogP contribution in [0.3, 0.4) is 0 Å². The van der Waals surface area contributed by atoms with Crippen LogP contribution in [0.1, 0.15) is 5.69 Å². The summed E-state index contributed by atoms with van der Waals surface area (Å²) in [7, 11) is 0. The number of aryl methyl sites for hydroxylation is 1. The molecule has 25 heavy (non-hydrogen) atoms. The second-order valence-corrected chi connectivity index (χ2v) is 6.42. The van der Waals surface area contributed by atoms with Gasteiger partial charge in [0, 0.05) is 29.3 Å². The summed E-state index contributed by atoms with van der Waals surface area (Å²) < 4.78 is 1.94. The summed E-state index contributed by atoms with van der Waals surface area (Å²) in [6.07, 6.45) is 3.66. The molecule has 0 atom stereocenters. The monoisotopic (exact) mass is 349 g/mol. The van der Waals surface area contributed by atoms with Crippen LogP contribution in [0.2, 0.25) is 0 Å². The second-order valence-electron chi connectivity index (χ2n) is 5.47. The SMILES string of the molecule is Cc1c(-c2cccc(NC(=O)Nc3cccs3)c2)nc2ncccn12. The van der Waals surface area contributed by atoms with Gasteiger partial charge < -0.3 is 5.32 Å². The number of rotatable bonds is 3. The molecule has 0 aliphatic rings. The normalized spacial score (nSPS) is 10.8. The van der Waals surface area contributed by atoms with E-state index in [-0.39, 0.29) is 6.03 Å². The average molecular weight is 349 g/mol. The predicted octanol–water partition coefficient (Wildman–Crippen LogP) is 4.41. The Balaban J connectivity index is 1.60. The van der Waals surface area contributed by atoms with Gasteiger partial charge in [-0.05, 0) is 42.6 Å². The van der Waals surface area contributed by atoms with Crippen LogP contribution >= 0.6 is 11.3 Å². The summed E-state index contributed by atoms with van der Waals surface area (Å²) >= 11 is 1.47. The van der Waals surface area contributed by atoms with Crippen LogP contribution in [-0.2, 0) is 0 Å². The first-order chi connectivity index (χ1) is 12.2. The van der Waals surface area contributed by atoms with E-state index in [4.69, 9.17) is 0 Å². The van der Waals surface area contributed by atoms with E-state index < -0.39 is 0 Å². The van der Waals surface area contributed by atoms with Crippen molar-refractivity contribution in [3.8, 4) is 11.3 Å². The van der Waals surface area contributed by atoms with Gasteiger partial charge in [-0.15, -0.1) is 11.3 Å². The summed E-state index contributed by atoms with van der Waals surface area (Å²) in [5.74, 6) is 0.656. The smallest absolute Gasteiger partial charge is 0.308 e. The number of benzene rings is 1. The molecule has 3 heterocycles. The molecule has 0 saturated heterocycles. The first-order valence-corrected chi connectivity index (χ1v) is 8.60. The largest absolute Gasteiger partial charge is 0.324 e. The number of amides is 2. The van der Waals surface area contributed by atoms with Crippen LogP contribution < -0.4 is 10.6 Å². The number of thiophene rings is 1. The molecule has 124 valence electrons. The maximum Gasteiger partial charge on any atom is 0.324 e. The zero-order valence-electron chi connectivity index (χ0n) is 13.4. The minimum absolute atomic E-state index is 0.270. The minimum Gasteiger partial charge on any atom is -0.308 e. The molecule has 4 aromatic rings. The molecular formula is C18H15N5OS. The second kappa shape index (κ2) is 6.37. The van der Waals surface area contributed by atoms with Gasteiger partial charge in [0.2, 0.25) is 5.78 Å². The number of hydrogen-bond acceptors (Lipinski definition) is 4. The minimum atomic E-state index is -0.270. The highest BCUT2D eigenvalue weighted by atomic mass is 32.1. The molecule has 0 radical (unpaired) electrons. The van der Waals surface area contributed by atoms with Gasteiger partial charge in [-0.25, -0.2) is 14.8 Å². The quantitative estimate of drug-likeness (QED) is 0.575. The lowest BCUT2D eigenvalue weighted by molar-refractivity contribution is 0.262. The van der Waals surface area contributed by atoms with Crippen molar-refractivity contribution in [3.63, 3.8) is 0 Å². The van der Waals surface area contributed by atoms with Crippen molar-refractivity contribution in [2.24, 2.45) is 0 Å². The van der Waals surface area contributed by atoms with Gasteiger partial charge in [-0.3, -0.25) is 9.72 Å². The number of fused-ring (bicyclic) bond motifs is 1. The Morgan fingerprint density at radius 3 is 2.88 bits per heavy atom. The average Bonchev–Trinajstić information content (AvgIpc) is 3.23. The Labute approximate surface area is 148 Å².